The lowest BCUT2D eigenvalue weighted by Crippen LogP contribution is -2.28. The van der Waals surface area contributed by atoms with Crippen LogP contribution in [0.2, 0.25) is 0 Å². The summed E-state index contributed by atoms with van der Waals surface area (Å²) >= 11 is 0. The van der Waals surface area contributed by atoms with Crippen LogP contribution < -0.4 is 5.73 Å². The first-order valence-corrected chi connectivity index (χ1v) is 6.20. The summed E-state index contributed by atoms with van der Waals surface area (Å²) in [5.74, 6) is 0.890. The molecule has 3 rings (SSSR count). The van der Waals surface area contributed by atoms with Crippen molar-refractivity contribution in [2.24, 2.45) is 17.1 Å². The maximum Gasteiger partial charge on any atom is 0.0236 e. The average Bonchev–Trinajstić information content (AvgIpc) is 2.86. The molecule has 0 radical (unpaired) electrons. The molecule has 2 heteroatoms. The molecule has 1 aliphatic heterocycles. The van der Waals surface area contributed by atoms with E-state index in [1.807, 2.05) is 0 Å². The van der Waals surface area contributed by atoms with Crippen LogP contribution in [0.5, 0.6) is 0 Å². The number of piperidine rings is 1. The Morgan fingerprint density at radius 3 is 2.94 bits per heavy atom. The van der Waals surface area contributed by atoms with Gasteiger partial charge in [-0.3, -0.25) is 4.90 Å². The summed E-state index contributed by atoms with van der Waals surface area (Å²) < 4.78 is 0. The Kier molecular flexibility index (Phi) is 2.30. The third kappa shape index (κ3) is 1.57. The quantitative estimate of drug-likeness (QED) is 0.834. The summed E-state index contributed by atoms with van der Waals surface area (Å²) in [5.41, 5.74) is 9.25. The molecule has 1 aliphatic carbocycles. The molecule has 1 saturated carbocycles. The van der Waals surface area contributed by atoms with Crippen LogP contribution in [-0.4, -0.2) is 24.5 Å². The van der Waals surface area contributed by atoms with Crippen LogP contribution >= 0.6 is 0 Å². The van der Waals surface area contributed by atoms with Gasteiger partial charge in [-0.05, 0) is 42.3 Å². The Hall–Kier alpha value is -0.860. The zero-order valence-corrected chi connectivity index (χ0v) is 9.95. The fourth-order valence-electron chi connectivity index (χ4n) is 3.17. The van der Waals surface area contributed by atoms with E-state index in [0.717, 1.165) is 19.0 Å². The summed E-state index contributed by atoms with van der Waals surface area (Å²) in [7, 11) is 0. The number of hydrogen-bond acceptors (Lipinski definition) is 2. The van der Waals surface area contributed by atoms with Gasteiger partial charge in [-0.1, -0.05) is 24.3 Å². The number of likely N-dealkylation sites (tertiary alicyclic amines) is 1. The summed E-state index contributed by atoms with van der Waals surface area (Å²) in [5, 5.41) is 0. The molecule has 1 aromatic carbocycles. The number of benzene rings is 1. The number of fused-ring (bicyclic) bond motifs is 1. The van der Waals surface area contributed by atoms with Gasteiger partial charge in [0.25, 0.3) is 0 Å². The minimum Gasteiger partial charge on any atom is -0.330 e. The van der Waals surface area contributed by atoms with Crippen LogP contribution in [0.25, 0.3) is 0 Å². The molecule has 0 spiro atoms. The van der Waals surface area contributed by atoms with Crippen LogP contribution in [0.4, 0.5) is 0 Å². The van der Waals surface area contributed by atoms with E-state index in [0.29, 0.717) is 5.41 Å². The van der Waals surface area contributed by atoms with Gasteiger partial charge in [0.15, 0.2) is 0 Å². The standard InChI is InChI=1S/C14H20N2/c1-11-4-2-3-5-12(11)7-16-8-13-6-14(13,9-15)10-16/h2-5,13H,6-10,15H2,1H3/t13-,14+/m1/s1. The zero-order chi connectivity index (χ0) is 11.2. The number of nitrogens with two attached hydrogens (primary N) is 1. The van der Waals surface area contributed by atoms with Crippen molar-refractivity contribution in [2.75, 3.05) is 19.6 Å². The van der Waals surface area contributed by atoms with E-state index in [1.165, 1.54) is 30.6 Å². The Bertz CT molecular complexity index is 397. The molecule has 16 heavy (non-hydrogen) atoms. The molecule has 2 atom stereocenters. The van der Waals surface area contributed by atoms with Crippen LogP contribution in [0.1, 0.15) is 17.5 Å². The molecule has 2 aliphatic rings. The van der Waals surface area contributed by atoms with Gasteiger partial charge in [0.2, 0.25) is 0 Å². The van der Waals surface area contributed by atoms with Crippen LogP contribution in [0.15, 0.2) is 24.3 Å². The Morgan fingerprint density at radius 1 is 1.44 bits per heavy atom. The molecule has 1 heterocycles. The molecule has 86 valence electrons. The fraction of sp³-hybridized carbons (Fsp3) is 0.571. The van der Waals surface area contributed by atoms with Crippen molar-refractivity contribution in [3.8, 4) is 0 Å². The van der Waals surface area contributed by atoms with E-state index >= 15 is 0 Å². The highest BCUT2D eigenvalue weighted by atomic mass is 15.2. The number of hydrogen-bond donors (Lipinski definition) is 1. The SMILES string of the molecule is Cc1ccccc1CN1C[C@H]2C[C@]2(CN)C1. The van der Waals surface area contributed by atoms with Gasteiger partial charge >= 0.3 is 0 Å². The third-order valence-electron chi connectivity index (χ3n) is 4.44. The summed E-state index contributed by atoms with van der Waals surface area (Å²) in [4.78, 5) is 2.57. The maximum atomic E-state index is 5.87. The molecule has 0 amide bonds. The molecule has 2 fully saturated rings. The highest BCUT2D eigenvalue weighted by molar-refractivity contribution is 5.26. The van der Waals surface area contributed by atoms with Gasteiger partial charge in [-0.15, -0.1) is 0 Å². The molecule has 1 aromatic rings. The average molecular weight is 216 g/mol. The van der Waals surface area contributed by atoms with E-state index in [2.05, 4.69) is 36.1 Å². The molecular weight excluding hydrogens is 196 g/mol. The Balaban J connectivity index is 1.67. The number of rotatable bonds is 3. The van der Waals surface area contributed by atoms with Crippen molar-refractivity contribution in [2.45, 2.75) is 19.9 Å². The minimum atomic E-state index is 0.503. The predicted molar refractivity (Wildman–Crippen MR) is 66.1 cm³/mol. The smallest absolute Gasteiger partial charge is 0.0236 e. The third-order valence-corrected chi connectivity index (χ3v) is 4.44. The van der Waals surface area contributed by atoms with Gasteiger partial charge in [0.1, 0.15) is 0 Å². The first-order chi connectivity index (χ1) is 7.73. The predicted octanol–water partition coefficient (Wildman–Crippen LogP) is 1.78. The normalized spacial score (nSPS) is 32.8. The van der Waals surface area contributed by atoms with Crippen molar-refractivity contribution in [1.29, 1.82) is 0 Å². The largest absolute Gasteiger partial charge is 0.330 e. The first kappa shape index (κ1) is 10.3. The van der Waals surface area contributed by atoms with Crippen LogP contribution in [0.3, 0.4) is 0 Å². The fourth-order valence-corrected chi connectivity index (χ4v) is 3.17. The Labute approximate surface area is 97.4 Å². The molecule has 0 unspecified atom stereocenters. The van der Waals surface area contributed by atoms with Gasteiger partial charge in [0, 0.05) is 19.6 Å². The highest BCUT2D eigenvalue weighted by Gasteiger charge is 2.58. The molecule has 2 nitrogen and oxygen atoms in total. The molecule has 2 N–H and O–H groups in total. The van der Waals surface area contributed by atoms with E-state index < -0.39 is 0 Å². The number of aryl methyl sites for hydroxylation is 1. The van der Waals surface area contributed by atoms with Crippen molar-refractivity contribution in [3.63, 3.8) is 0 Å². The maximum absolute atomic E-state index is 5.87. The Morgan fingerprint density at radius 2 is 2.25 bits per heavy atom. The summed E-state index contributed by atoms with van der Waals surface area (Å²) in [6.45, 7) is 6.64. The van der Waals surface area contributed by atoms with E-state index in [1.54, 1.807) is 0 Å². The second-order valence-electron chi connectivity index (χ2n) is 5.56. The van der Waals surface area contributed by atoms with Gasteiger partial charge < -0.3 is 5.73 Å². The van der Waals surface area contributed by atoms with E-state index in [4.69, 9.17) is 5.73 Å². The van der Waals surface area contributed by atoms with Crippen LogP contribution in [-0.2, 0) is 6.54 Å². The van der Waals surface area contributed by atoms with Gasteiger partial charge in [-0.2, -0.15) is 0 Å². The van der Waals surface area contributed by atoms with Crippen molar-refractivity contribution < 1.29 is 0 Å². The molecule has 0 bridgehead atoms. The zero-order valence-electron chi connectivity index (χ0n) is 9.95. The first-order valence-electron chi connectivity index (χ1n) is 6.20. The second-order valence-corrected chi connectivity index (χ2v) is 5.56. The highest BCUT2D eigenvalue weighted by Crippen LogP contribution is 2.57. The van der Waals surface area contributed by atoms with Crippen molar-refractivity contribution >= 4 is 0 Å². The van der Waals surface area contributed by atoms with Crippen molar-refractivity contribution in [1.82, 2.24) is 4.90 Å². The molecule has 1 saturated heterocycles. The lowest BCUT2D eigenvalue weighted by molar-refractivity contribution is 0.274. The monoisotopic (exact) mass is 216 g/mol. The lowest BCUT2D eigenvalue weighted by Gasteiger charge is -2.21. The minimum absolute atomic E-state index is 0.503. The van der Waals surface area contributed by atoms with Crippen molar-refractivity contribution in [3.05, 3.63) is 35.4 Å². The summed E-state index contributed by atoms with van der Waals surface area (Å²) in [6, 6.07) is 8.69. The van der Waals surface area contributed by atoms with E-state index in [9.17, 15) is 0 Å². The van der Waals surface area contributed by atoms with Crippen LogP contribution in [0, 0.1) is 18.3 Å². The summed E-state index contributed by atoms with van der Waals surface area (Å²) in [6.07, 6.45) is 1.37. The molecule has 0 aromatic heterocycles. The topological polar surface area (TPSA) is 29.3 Å². The molecular formula is C14H20N2. The van der Waals surface area contributed by atoms with Gasteiger partial charge in [-0.25, -0.2) is 0 Å². The van der Waals surface area contributed by atoms with Gasteiger partial charge in [0.05, 0.1) is 0 Å². The lowest BCUT2D eigenvalue weighted by atomic mass is 10.1. The second kappa shape index (κ2) is 3.57. The number of nitrogens with zero attached hydrogens (tertiary/aromatic N) is 1. The van der Waals surface area contributed by atoms with E-state index in [-0.39, 0.29) is 0 Å².